The average Bonchev–Trinajstić information content (AvgIpc) is 2.93. The van der Waals surface area contributed by atoms with Crippen LogP contribution in [0.15, 0.2) is 42.5 Å². The van der Waals surface area contributed by atoms with E-state index in [1.54, 1.807) is 0 Å². The topological polar surface area (TPSA) is 48.4 Å². The van der Waals surface area contributed by atoms with Crippen molar-refractivity contribution in [2.45, 2.75) is 20.5 Å². The number of nitrogens with zero attached hydrogens (tertiary/aromatic N) is 1. The van der Waals surface area contributed by atoms with Gasteiger partial charge in [0, 0.05) is 0 Å². The van der Waals surface area contributed by atoms with Gasteiger partial charge in [0.25, 0.3) is 0 Å². The zero-order valence-electron chi connectivity index (χ0n) is 13.0. The minimum atomic E-state index is -0.400. The van der Waals surface area contributed by atoms with E-state index in [1.165, 1.54) is 11.3 Å². The molecule has 0 aliphatic heterocycles. The highest BCUT2D eigenvalue weighted by Crippen LogP contribution is 2.22. The van der Waals surface area contributed by atoms with Gasteiger partial charge in [-0.15, -0.1) is 11.3 Å². The van der Waals surface area contributed by atoms with Gasteiger partial charge in [-0.2, -0.15) is 0 Å². The third kappa shape index (κ3) is 4.07. The number of esters is 1. The highest BCUT2D eigenvalue weighted by molar-refractivity contribution is 7.18. The summed E-state index contributed by atoms with van der Waals surface area (Å²) in [5.41, 5.74) is 3.13. The van der Waals surface area contributed by atoms with E-state index in [-0.39, 0.29) is 13.2 Å². The molecule has 118 valence electrons. The normalized spacial score (nSPS) is 10.7. The Labute approximate surface area is 138 Å². The van der Waals surface area contributed by atoms with Crippen LogP contribution in [0, 0.1) is 13.8 Å². The first-order chi connectivity index (χ1) is 11.1. The van der Waals surface area contributed by atoms with Crippen molar-refractivity contribution < 1.29 is 14.3 Å². The first-order valence-corrected chi connectivity index (χ1v) is 8.13. The SMILES string of the molecule is Cc1cc(C)cc(OCC(=O)OCc2nc3ccccc3s2)c1. The van der Waals surface area contributed by atoms with Gasteiger partial charge in [-0.1, -0.05) is 18.2 Å². The minimum Gasteiger partial charge on any atom is -0.482 e. The van der Waals surface area contributed by atoms with Gasteiger partial charge in [0.15, 0.2) is 6.61 Å². The van der Waals surface area contributed by atoms with E-state index < -0.39 is 5.97 Å². The molecule has 0 amide bonds. The number of aromatic nitrogens is 1. The number of carbonyl (C=O) groups excluding carboxylic acids is 1. The molecule has 2 aromatic carbocycles. The molecule has 0 fully saturated rings. The van der Waals surface area contributed by atoms with E-state index in [1.807, 2.05) is 50.2 Å². The predicted octanol–water partition coefficient (Wildman–Crippen LogP) is 4.04. The smallest absolute Gasteiger partial charge is 0.344 e. The number of hydrogen-bond donors (Lipinski definition) is 0. The molecule has 0 spiro atoms. The van der Waals surface area contributed by atoms with Crippen molar-refractivity contribution in [2.24, 2.45) is 0 Å². The van der Waals surface area contributed by atoms with Crippen LogP contribution in [0.4, 0.5) is 0 Å². The molecule has 1 aromatic heterocycles. The molecule has 0 N–H and O–H groups in total. The minimum absolute atomic E-state index is 0.103. The number of aryl methyl sites for hydroxylation is 2. The highest BCUT2D eigenvalue weighted by atomic mass is 32.1. The van der Waals surface area contributed by atoms with Crippen molar-refractivity contribution in [3.8, 4) is 5.75 Å². The molecule has 0 unspecified atom stereocenters. The van der Waals surface area contributed by atoms with E-state index >= 15 is 0 Å². The van der Waals surface area contributed by atoms with E-state index in [4.69, 9.17) is 9.47 Å². The third-order valence-electron chi connectivity index (χ3n) is 3.25. The third-order valence-corrected chi connectivity index (χ3v) is 4.26. The number of benzene rings is 2. The molecule has 3 rings (SSSR count). The van der Waals surface area contributed by atoms with Crippen molar-refractivity contribution in [1.29, 1.82) is 0 Å². The Morgan fingerprint density at radius 2 is 1.87 bits per heavy atom. The standard InChI is InChI=1S/C18H17NO3S/c1-12-7-13(2)9-14(8-12)21-11-18(20)22-10-17-19-15-5-3-4-6-16(15)23-17/h3-9H,10-11H2,1-2H3. The number of ether oxygens (including phenoxy) is 2. The molecular weight excluding hydrogens is 310 g/mol. The summed E-state index contributed by atoms with van der Waals surface area (Å²) in [5.74, 6) is 0.280. The molecule has 0 saturated carbocycles. The Bertz CT molecular complexity index is 788. The molecule has 1 heterocycles. The lowest BCUT2D eigenvalue weighted by atomic mass is 10.1. The molecule has 0 aliphatic carbocycles. The number of fused-ring (bicyclic) bond motifs is 1. The van der Waals surface area contributed by atoms with Crippen LogP contribution >= 0.6 is 11.3 Å². The fraction of sp³-hybridized carbons (Fsp3) is 0.222. The first kappa shape index (κ1) is 15.5. The Morgan fingerprint density at radius 3 is 2.61 bits per heavy atom. The maximum Gasteiger partial charge on any atom is 0.344 e. The molecule has 0 bridgehead atoms. The van der Waals surface area contributed by atoms with Gasteiger partial charge in [-0.25, -0.2) is 9.78 Å². The Balaban J connectivity index is 1.53. The molecule has 4 nitrogen and oxygen atoms in total. The second-order valence-corrected chi connectivity index (χ2v) is 6.46. The molecular formula is C18H17NO3S. The molecule has 0 aliphatic rings. The van der Waals surface area contributed by atoms with Gasteiger partial charge >= 0.3 is 5.97 Å². The number of hydrogen-bond acceptors (Lipinski definition) is 5. The molecule has 0 saturated heterocycles. The van der Waals surface area contributed by atoms with Gasteiger partial charge in [0.2, 0.25) is 0 Å². The van der Waals surface area contributed by atoms with Crippen molar-refractivity contribution >= 4 is 27.5 Å². The average molecular weight is 327 g/mol. The van der Waals surface area contributed by atoms with Crippen molar-refractivity contribution in [3.63, 3.8) is 0 Å². The van der Waals surface area contributed by atoms with Crippen LogP contribution in [-0.4, -0.2) is 17.6 Å². The molecule has 3 aromatic rings. The summed E-state index contributed by atoms with van der Waals surface area (Å²) in [7, 11) is 0. The summed E-state index contributed by atoms with van der Waals surface area (Å²) in [5, 5.41) is 0.783. The Hall–Kier alpha value is -2.40. The van der Waals surface area contributed by atoms with Gasteiger partial charge in [-0.3, -0.25) is 0 Å². The van der Waals surface area contributed by atoms with Crippen LogP contribution in [0.2, 0.25) is 0 Å². The summed E-state index contributed by atoms with van der Waals surface area (Å²) in [6, 6.07) is 13.7. The molecule has 0 radical (unpaired) electrons. The van der Waals surface area contributed by atoms with Crippen LogP contribution in [0.5, 0.6) is 5.75 Å². The van der Waals surface area contributed by atoms with Gasteiger partial charge in [0.05, 0.1) is 10.2 Å². The summed E-state index contributed by atoms with van der Waals surface area (Å²) >= 11 is 1.53. The zero-order chi connectivity index (χ0) is 16.2. The monoisotopic (exact) mass is 327 g/mol. The van der Waals surface area contributed by atoms with E-state index in [2.05, 4.69) is 11.1 Å². The van der Waals surface area contributed by atoms with Crippen LogP contribution in [-0.2, 0) is 16.1 Å². The molecule has 0 atom stereocenters. The number of rotatable bonds is 5. The largest absolute Gasteiger partial charge is 0.482 e. The summed E-state index contributed by atoms with van der Waals surface area (Å²) in [4.78, 5) is 16.2. The molecule has 23 heavy (non-hydrogen) atoms. The summed E-state index contributed by atoms with van der Waals surface area (Å²) in [6.45, 7) is 4.05. The van der Waals surface area contributed by atoms with Crippen LogP contribution in [0.1, 0.15) is 16.1 Å². The van der Waals surface area contributed by atoms with Gasteiger partial charge in [-0.05, 0) is 49.2 Å². The van der Waals surface area contributed by atoms with Crippen LogP contribution in [0.3, 0.4) is 0 Å². The van der Waals surface area contributed by atoms with Crippen LogP contribution in [0.25, 0.3) is 10.2 Å². The second kappa shape index (κ2) is 6.79. The number of thiazole rings is 1. The lowest BCUT2D eigenvalue weighted by Crippen LogP contribution is -2.14. The Morgan fingerprint density at radius 1 is 1.13 bits per heavy atom. The first-order valence-electron chi connectivity index (χ1n) is 7.31. The van der Waals surface area contributed by atoms with E-state index in [9.17, 15) is 4.79 Å². The van der Waals surface area contributed by atoms with E-state index in [0.29, 0.717) is 5.75 Å². The number of para-hydroxylation sites is 1. The fourth-order valence-corrected chi connectivity index (χ4v) is 3.20. The summed E-state index contributed by atoms with van der Waals surface area (Å²) < 4.78 is 11.8. The van der Waals surface area contributed by atoms with Crippen molar-refractivity contribution in [3.05, 3.63) is 58.6 Å². The molecule has 5 heteroatoms. The summed E-state index contributed by atoms with van der Waals surface area (Å²) in [6.07, 6.45) is 0. The van der Waals surface area contributed by atoms with Crippen molar-refractivity contribution in [1.82, 2.24) is 4.98 Å². The highest BCUT2D eigenvalue weighted by Gasteiger charge is 2.08. The van der Waals surface area contributed by atoms with Gasteiger partial charge < -0.3 is 9.47 Å². The van der Waals surface area contributed by atoms with E-state index in [0.717, 1.165) is 26.4 Å². The lowest BCUT2D eigenvalue weighted by molar-refractivity contribution is -0.147. The zero-order valence-corrected chi connectivity index (χ0v) is 13.9. The maximum absolute atomic E-state index is 11.8. The second-order valence-electron chi connectivity index (χ2n) is 5.35. The van der Waals surface area contributed by atoms with Crippen molar-refractivity contribution in [2.75, 3.05) is 6.61 Å². The van der Waals surface area contributed by atoms with Crippen LogP contribution < -0.4 is 4.74 Å². The Kier molecular flexibility index (Phi) is 4.57. The fourth-order valence-electron chi connectivity index (χ4n) is 2.32. The lowest BCUT2D eigenvalue weighted by Gasteiger charge is -2.07. The van der Waals surface area contributed by atoms with Gasteiger partial charge in [0.1, 0.15) is 17.4 Å². The number of carbonyl (C=O) groups is 1. The quantitative estimate of drug-likeness (QED) is 0.664. The predicted molar refractivity (Wildman–Crippen MR) is 90.8 cm³/mol. The maximum atomic E-state index is 11.8.